The van der Waals surface area contributed by atoms with Gasteiger partial charge in [0.2, 0.25) is 0 Å². The van der Waals surface area contributed by atoms with Crippen LogP contribution < -0.4 is 10.6 Å². The summed E-state index contributed by atoms with van der Waals surface area (Å²) in [6.45, 7) is 5.08. The Hall–Kier alpha value is -1.20. The van der Waals surface area contributed by atoms with Crippen molar-refractivity contribution in [3.8, 4) is 0 Å². The smallest absolute Gasteiger partial charge is 0.147 e. The number of hydrogen-bond acceptors (Lipinski definition) is 5. The lowest BCUT2D eigenvalue weighted by Gasteiger charge is -2.23. The molecule has 0 saturated carbocycles. The van der Waals surface area contributed by atoms with Crippen molar-refractivity contribution in [2.45, 2.75) is 38.5 Å². The number of ether oxygens (including phenoxy) is 1. The molecular formula is C17H28N4O. The molecular weight excluding hydrogens is 276 g/mol. The molecule has 0 radical (unpaired) electrons. The van der Waals surface area contributed by atoms with E-state index in [1.807, 2.05) is 6.20 Å². The Kier molecular flexibility index (Phi) is 6.02. The average Bonchev–Trinajstić information content (AvgIpc) is 2.84. The Morgan fingerprint density at radius 2 is 1.91 bits per heavy atom. The molecule has 122 valence electrons. The molecule has 0 amide bonds. The highest BCUT2D eigenvalue weighted by atomic mass is 16.5. The predicted octanol–water partition coefficient (Wildman–Crippen LogP) is 2.25. The topological polar surface area (TPSA) is 59.1 Å². The summed E-state index contributed by atoms with van der Waals surface area (Å²) in [4.78, 5) is 9.13. The van der Waals surface area contributed by atoms with Gasteiger partial charge in [0.15, 0.2) is 0 Å². The van der Waals surface area contributed by atoms with Crippen LogP contribution in [0.3, 0.4) is 0 Å². The minimum absolute atomic E-state index is 0.700. The Balaban J connectivity index is 1.56. The predicted molar refractivity (Wildman–Crippen MR) is 88.0 cm³/mol. The third kappa shape index (κ3) is 4.65. The normalized spacial score (nSPS) is 23.9. The molecule has 2 saturated heterocycles. The standard InChI is InChI=1S/C17H28N4O/c1-2-14(3-7-18-6-1)12-16-17(20-9-8-19-16)21-13-15-4-10-22-11-5-15/h8-9,14-15,18H,1-7,10-13H2,(H,20,21). The molecule has 3 rings (SSSR count). The highest BCUT2D eigenvalue weighted by molar-refractivity contribution is 5.39. The molecule has 2 N–H and O–H groups in total. The zero-order valence-corrected chi connectivity index (χ0v) is 13.4. The van der Waals surface area contributed by atoms with Gasteiger partial charge in [-0.15, -0.1) is 0 Å². The molecule has 3 heterocycles. The molecule has 0 aromatic carbocycles. The molecule has 1 aromatic heterocycles. The summed E-state index contributed by atoms with van der Waals surface area (Å²) in [5.74, 6) is 2.42. The Bertz CT molecular complexity index is 440. The number of anilines is 1. The van der Waals surface area contributed by atoms with E-state index < -0.39 is 0 Å². The molecule has 22 heavy (non-hydrogen) atoms. The van der Waals surface area contributed by atoms with Crippen LogP contribution >= 0.6 is 0 Å². The monoisotopic (exact) mass is 304 g/mol. The minimum Gasteiger partial charge on any atom is -0.381 e. The van der Waals surface area contributed by atoms with Crippen LogP contribution in [0.5, 0.6) is 0 Å². The summed E-state index contributed by atoms with van der Waals surface area (Å²) in [6, 6.07) is 0. The molecule has 0 spiro atoms. The van der Waals surface area contributed by atoms with E-state index in [0.29, 0.717) is 5.92 Å². The van der Waals surface area contributed by atoms with Crippen LogP contribution in [0.2, 0.25) is 0 Å². The molecule has 1 aromatic rings. The fourth-order valence-electron chi connectivity index (χ4n) is 3.42. The lowest BCUT2D eigenvalue weighted by Crippen LogP contribution is -2.23. The van der Waals surface area contributed by atoms with Crippen LogP contribution in [0.15, 0.2) is 12.4 Å². The van der Waals surface area contributed by atoms with Crippen LogP contribution in [0.25, 0.3) is 0 Å². The molecule has 0 aliphatic carbocycles. The van der Waals surface area contributed by atoms with Gasteiger partial charge in [0, 0.05) is 32.2 Å². The first-order valence-electron chi connectivity index (χ1n) is 8.74. The highest BCUT2D eigenvalue weighted by Gasteiger charge is 2.17. The Labute approximate surface area is 133 Å². The van der Waals surface area contributed by atoms with Crippen LogP contribution in [-0.2, 0) is 11.2 Å². The summed E-state index contributed by atoms with van der Waals surface area (Å²) >= 11 is 0. The minimum atomic E-state index is 0.700. The van der Waals surface area contributed by atoms with Crippen molar-refractivity contribution in [3.63, 3.8) is 0 Å². The van der Waals surface area contributed by atoms with Gasteiger partial charge in [-0.05, 0) is 63.5 Å². The third-order valence-corrected chi connectivity index (χ3v) is 4.85. The average molecular weight is 304 g/mol. The number of nitrogens with zero attached hydrogens (tertiary/aromatic N) is 2. The molecule has 2 fully saturated rings. The Morgan fingerprint density at radius 3 is 2.82 bits per heavy atom. The zero-order valence-electron chi connectivity index (χ0n) is 13.4. The van der Waals surface area contributed by atoms with Gasteiger partial charge in [-0.2, -0.15) is 0 Å². The fourth-order valence-corrected chi connectivity index (χ4v) is 3.42. The van der Waals surface area contributed by atoms with Crippen molar-refractivity contribution >= 4 is 5.82 Å². The van der Waals surface area contributed by atoms with Crippen LogP contribution in [0, 0.1) is 11.8 Å². The lowest BCUT2D eigenvalue weighted by atomic mass is 9.95. The molecule has 5 nitrogen and oxygen atoms in total. The van der Waals surface area contributed by atoms with E-state index in [4.69, 9.17) is 4.74 Å². The second kappa shape index (κ2) is 8.44. The maximum Gasteiger partial charge on any atom is 0.147 e. The third-order valence-electron chi connectivity index (χ3n) is 4.85. The van der Waals surface area contributed by atoms with E-state index in [1.54, 1.807) is 6.20 Å². The van der Waals surface area contributed by atoms with Gasteiger partial charge in [-0.1, -0.05) is 0 Å². The van der Waals surface area contributed by atoms with Gasteiger partial charge in [-0.3, -0.25) is 4.98 Å². The van der Waals surface area contributed by atoms with Crippen molar-refractivity contribution in [2.75, 3.05) is 38.2 Å². The first-order valence-corrected chi connectivity index (χ1v) is 8.74. The van der Waals surface area contributed by atoms with Crippen LogP contribution in [0.1, 0.15) is 37.8 Å². The van der Waals surface area contributed by atoms with Gasteiger partial charge in [-0.25, -0.2) is 4.98 Å². The Morgan fingerprint density at radius 1 is 1.05 bits per heavy atom. The summed E-state index contributed by atoms with van der Waals surface area (Å²) in [5, 5.41) is 7.03. The molecule has 1 unspecified atom stereocenters. The van der Waals surface area contributed by atoms with E-state index in [9.17, 15) is 0 Å². The van der Waals surface area contributed by atoms with Crippen molar-refractivity contribution in [1.82, 2.24) is 15.3 Å². The molecule has 0 bridgehead atoms. The maximum absolute atomic E-state index is 5.43. The van der Waals surface area contributed by atoms with Crippen LogP contribution in [-0.4, -0.2) is 42.8 Å². The van der Waals surface area contributed by atoms with E-state index in [0.717, 1.165) is 69.5 Å². The van der Waals surface area contributed by atoms with Crippen molar-refractivity contribution in [1.29, 1.82) is 0 Å². The highest BCUT2D eigenvalue weighted by Crippen LogP contribution is 2.22. The van der Waals surface area contributed by atoms with Gasteiger partial charge in [0.25, 0.3) is 0 Å². The molecule has 5 heteroatoms. The van der Waals surface area contributed by atoms with Gasteiger partial charge in [0.1, 0.15) is 5.82 Å². The fraction of sp³-hybridized carbons (Fsp3) is 0.765. The van der Waals surface area contributed by atoms with Crippen molar-refractivity contribution in [3.05, 3.63) is 18.1 Å². The first kappa shape index (κ1) is 15.7. The number of aromatic nitrogens is 2. The first-order chi connectivity index (χ1) is 10.9. The zero-order chi connectivity index (χ0) is 15.0. The summed E-state index contributed by atoms with van der Waals surface area (Å²) < 4.78 is 5.43. The quantitative estimate of drug-likeness (QED) is 0.874. The van der Waals surface area contributed by atoms with E-state index in [1.165, 1.54) is 19.3 Å². The SMILES string of the molecule is c1cnc(NCC2CCOCC2)c(CC2CCCNCC2)n1. The van der Waals surface area contributed by atoms with Crippen molar-refractivity contribution in [2.24, 2.45) is 11.8 Å². The van der Waals surface area contributed by atoms with Gasteiger partial charge < -0.3 is 15.4 Å². The molecule has 2 aliphatic rings. The summed E-state index contributed by atoms with van der Waals surface area (Å²) in [6.07, 6.45) is 10.8. The largest absolute Gasteiger partial charge is 0.381 e. The summed E-state index contributed by atoms with van der Waals surface area (Å²) in [5.41, 5.74) is 1.14. The number of rotatable bonds is 5. The second-order valence-electron chi connectivity index (χ2n) is 6.54. The van der Waals surface area contributed by atoms with Crippen molar-refractivity contribution < 1.29 is 4.74 Å². The summed E-state index contributed by atoms with van der Waals surface area (Å²) in [7, 11) is 0. The second-order valence-corrected chi connectivity index (χ2v) is 6.54. The lowest BCUT2D eigenvalue weighted by molar-refractivity contribution is 0.0699. The molecule has 2 aliphatic heterocycles. The van der Waals surface area contributed by atoms with Crippen LogP contribution in [0.4, 0.5) is 5.82 Å². The number of nitrogens with one attached hydrogen (secondary N) is 2. The number of hydrogen-bond donors (Lipinski definition) is 2. The van der Waals surface area contributed by atoms with E-state index >= 15 is 0 Å². The maximum atomic E-state index is 5.43. The molecule has 1 atom stereocenters. The van der Waals surface area contributed by atoms with E-state index in [2.05, 4.69) is 20.6 Å². The van der Waals surface area contributed by atoms with Gasteiger partial charge >= 0.3 is 0 Å². The van der Waals surface area contributed by atoms with Gasteiger partial charge in [0.05, 0.1) is 5.69 Å². The van der Waals surface area contributed by atoms with E-state index in [-0.39, 0.29) is 0 Å².